The molecule has 0 radical (unpaired) electrons. The van der Waals surface area contributed by atoms with E-state index in [1.165, 1.54) is 11.3 Å². The number of halogens is 1. The molecule has 2 heterocycles. The topological polar surface area (TPSA) is 79.1 Å². The van der Waals surface area contributed by atoms with Gasteiger partial charge in [-0.15, -0.1) is 0 Å². The minimum Gasteiger partial charge on any atom is -0.497 e. The lowest BCUT2D eigenvalue weighted by Gasteiger charge is -2.26. The van der Waals surface area contributed by atoms with Crippen LogP contribution in [0.3, 0.4) is 0 Å². The average molecular weight is 606 g/mol. The van der Waals surface area contributed by atoms with E-state index < -0.39 is 12.0 Å². The van der Waals surface area contributed by atoms with Gasteiger partial charge >= 0.3 is 5.97 Å². The van der Waals surface area contributed by atoms with E-state index in [2.05, 4.69) is 15.9 Å². The Balaban J connectivity index is 1.85. The van der Waals surface area contributed by atoms with Crippen molar-refractivity contribution in [3.8, 4) is 11.5 Å². The summed E-state index contributed by atoms with van der Waals surface area (Å²) >= 11 is 4.75. The molecule has 0 bridgehead atoms. The van der Waals surface area contributed by atoms with E-state index >= 15 is 0 Å². The predicted molar refractivity (Wildman–Crippen MR) is 155 cm³/mol. The highest BCUT2D eigenvalue weighted by Crippen LogP contribution is 2.36. The van der Waals surface area contributed by atoms with Crippen LogP contribution >= 0.6 is 27.3 Å². The first-order chi connectivity index (χ1) is 18.9. The lowest BCUT2D eigenvalue weighted by atomic mass is 9.93. The van der Waals surface area contributed by atoms with Crippen molar-refractivity contribution in [2.24, 2.45) is 4.99 Å². The Hall–Kier alpha value is -3.95. The highest BCUT2D eigenvalue weighted by atomic mass is 79.9. The van der Waals surface area contributed by atoms with E-state index in [1.807, 2.05) is 72.8 Å². The van der Waals surface area contributed by atoms with Crippen molar-refractivity contribution in [3.63, 3.8) is 0 Å². The number of carbonyl (C=O) groups excluding carboxylic acids is 1. The van der Waals surface area contributed by atoms with Crippen molar-refractivity contribution in [1.82, 2.24) is 4.57 Å². The number of benzene rings is 3. The van der Waals surface area contributed by atoms with Gasteiger partial charge in [0, 0.05) is 15.6 Å². The number of nitrogens with zero attached hydrogens (tertiary/aromatic N) is 2. The van der Waals surface area contributed by atoms with Gasteiger partial charge in [0.25, 0.3) is 5.56 Å². The molecular weight excluding hydrogens is 580 g/mol. The second-order valence-electron chi connectivity index (χ2n) is 8.59. The number of carbonyl (C=O) groups is 1. The van der Waals surface area contributed by atoms with Gasteiger partial charge in [0.05, 0.1) is 42.7 Å². The van der Waals surface area contributed by atoms with Gasteiger partial charge in [0.2, 0.25) is 0 Å². The maximum absolute atomic E-state index is 14.0. The summed E-state index contributed by atoms with van der Waals surface area (Å²) < 4.78 is 19.4. The van der Waals surface area contributed by atoms with E-state index in [0.717, 1.165) is 15.6 Å². The number of hydrogen-bond donors (Lipinski definition) is 0. The van der Waals surface area contributed by atoms with Crippen LogP contribution in [0.15, 0.2) is 92.6 Å². The summed E-state index contributed by atoms with van der Waals surface area (Å²) in [5.74, 6) is 0.705. The molecule has 3 aromatic carbocycles. The second-order valence-corrected chi connectivity index (χ2v) is 10.5. The number of ether oxygens (including phenoxy) is 3. The Bertz CT molecular complexity index is 1760. The number of rotatable bonds is 7. The highest BCUT2D eigenvalue weighted by Gasteiger charge is 2.35. The average Bonchev–Trinajstić information content (AvgIpc) is 3.27. The molecule has 9 heteroatoms. The molecule has 198 valence electrons. The summed E-state index contributed by atoms with van der Waals surface area (Å²) in [6, 6.07) is 21.6. The summed E-state index contributed by atoms with van der Waals surface area (Å²) in [7, 11) is 3.16. The molecule has 0 fully saturated rings. The van der Waals surface area contributed by atoms with Crippen molar-refractivity contribution in [3.05, 3.63) is 119 Å². The van der Waals surface area contributed by atoms with Crippen molar-refractivity contribution in [1.29, 1.82) is 0 Å². The summed E-state index contributed by atoms with van der Waals surface area (Å²) in [6.45, 7) is 1.93. The number of fused-ring (bicyclic) bond motifs is 1. The van der Waals surface area contributed by atoms with E-state index in [4.69, 9.17) is 19.2 Å². The van der Waals surface area contributed by atoms with Crippen LogP contribution in [0, 0.1) is 0 Å². The van der Waals surface area contributed by atoms with Crippen LogP contribution < -0.4 is 24.4 Å². The minimum atomic E-state index is -0.780. The number of aromatic nitrogens is 1. The first kappa shape index (κ1) is 26.6. The van der Waals surface area contributed by atoms with Crippen LogP contribution in [0.2, 0.25) is 0 Å². The van der Waals surface area contributed by atoms with Crippen LogP contribution in [-0.4, -0.2) is 31.4 Å². The lowest BCUT2D eigenvalue weighted by molar-refractivity contribution is -0.138. The molecule has 1 atom stereocenters. The molecule has 7 nitrogen and oxygen atoms in total. The zero-order valence-electron chi connectivity index (χ0n) is 21.5. The summed E-state index contributed by atoms with van der Waals surface area (Å²) in [5.41, 5.74) is 2.67. The molecule has 0 spiro atoms. The molecule has 5 rings (SSSR count). The molecule has 0 saturated carbocycles. The standard InChI is InChI=1S/C30H25BrN2O5S/c1-4-38-29(35)25-26(18-9-6-5-7-10-18)32-30-33(27(25)19-11-8-12-22(16-19)36-2)28(34)24(39-30)17-20-15-21(31)13-14-23(20)37-3/h5-17,27H,4H2,1-3H3/b24-17-/t27-/m0/s1. The third-order valence-corrected chi connectivity index (χ3v) is 7.74. The molecule has 1 aliphatic heterocycles. The zero-order chi connectivity index (χ0) is 27.5. The number of thiazole rings is 1. The number of methoxy groups -OCH3 is 2. The van der Waals surface area contributed by atoms with E-state index in [-0.39, 0.29) is 17.7 Å². The maximum atomic E-state index is 14.0. The van der Waals surface area contributed by atoms with Crippen molar-refractivity contribution in [2.45, 2.75) is 13.0 Å². The molecule has 0 aliphatic carbocycles. The fourth-order valence-electron chi connectivity index (χ4n) is 4.53. The van der Waals surface area contributed by atoms with Crippen LogP contribution in [0.1, 0.15) is 29.7 Å². The Kier molecular flexibility index (Phi) is 7.81. The lowest BCUT2D eigenvalue weighted by Crippen LogP contribution is -2.40. The smallest absolute Gasteiger partial charge is 0.338 e. The molecular formula is C30H25BrN2O5S. The molecule has 4 aromatic rings. The molecule has 39 heavy (non-hydrogen) atoms. The summed E-state index contributed by atoms with van der Waals surface area (Å²) in [4.78, 5) is 32.9. The minimum absolute atomic E-state index is 0.183. The first-order valence-corrected chi connectivity index (χ1v) is 13.8. The van der Waals surface area contributed by atoms with Crippen LogP contribution in [0.25, 0.3) is 11.8 Å². The third-order valence-electron chi connectivity index (χ3n) is 6.26. The fraction of sp³-hybridized carbons (Fsp3) is 0.167. The Morgan fingerprint density at radius 2 is 1.85 bits per heavy atom. The molecule has 1 aliphatic rings. The monoisotopic (exact) mass is 604 g/mol. The largest absolute Gasteiger partial charge is 0.497 e. The van der Waals surface area contributed by atoms with Gasteiger partial charge in [-0.25, -0.2) is 9.79 Å². The molecule has 0 amide bonds. The van der Waals surface area contributed by atoms with Crippen molar-refractivity contribution >= 4 is 45.0 Å². The van der Waals surface area contributed by atoms with Gasteiger partial charge in [-0.05, 0) is 48.9 Å². The number of esters is 1. The SMILES string of the molecule is CCOC(=O)C1=C(c2ccccc2)N=c2s/c(=C\c3cc(Br)ccc3OC)c(=O)n2[C@H]1c1cccc(OC)c1. The van der Waals surface area contributed by atoms with Gasteiger partial charge in [-0.3, -0.25) is 9.36 Å². The maximum Gasteiger partial charge on any atom is 0.338 e. The van der Waals surface area contributed by atoms with Gasteiger partial charge in [-0.1, -0.05) is 69.7 Å². The Morgan fingerprint density at radius 3 is 2.56 bits per heavy atom. The Labute approximate surface area is 237 Å². The zero-order valence-corrected chi connectivity index (χ0v) is 23.9. The van der Waals surface area contributed by atoms with E-state index in [1.54, 1.807) is 31.8 Å². The number of hydrogen-bond acceptors (Lipinski definition) is 7. The van der Waals surface area contributed by atoms with Crippen molar-refractivity contribution < 1.29 is 19.0 Å². The summed E-state index contributed by atoms with van der Waals surface area (Å²) in [6.07, 6.45) is 1.78. The predicted octanol–water partition coefficient (Wildman–Crippen LogP) is 4.72. The van der Waals surface area contributed by atoms with Crippen molar-refractivity contribution in [2.75, 3.05) is 20.8 Å². The Morgan fingerprint density at radius 1 is 1.05 bits per heavy atom. The van der Waals surface area contributed by atoms with E-state index in [0.29, 0.717) is 32.1 Å². The fourth-order valence-corrected chi connectivity index (χ4v) is 5.90. The van der Waals surface area contributed by atoms with Crippen LogP contribution in [0.4, 0.5) is 0 Å². The second kappa shape index (κ2) is 11.4. The van der Waals surface area contributed by atoms with Gasteiger partial charge in [-0.2, -0.15) is 0 Å². The van der Waals surface area contributed by atoms with Gasteiger partial charge < -0.3 is 14.2 Å². The normalized spacial score (nSPS) is 15.0. The van der Waals surface area contributed by atoms with Gasteiger partial charge in [0.15, 0.2) is 4.80 Å². The third kappa shape index (κ3) is 5.20. The molecule has 0 N–H and O–H groups in total. The molecule has 0 saturated heterocycles. The molecule has 1 aromatic heterocycles. The van der Waals surface area contributed by atoms with Gasteiger partial charge in [0.1, 0.15) is 11.5 Å². The quantitative estimate of drug-likeness (QED) is 0.285. The highest BCUT2D eigenvalue weighted by molar-refractivity contribution is 9.10. The molecule has 0 unspecified atom stereocenters. The van der Waals surface area contributed by atoms with E-state index in [9.17, 15) is 9.59 Å². The van der Waals surface area contributed by atoms with Crippen LogP contribution in [0.5, 0.6) is 11.5 Å². The van der Waals surface area contributed by atoms with Crippen LogP contribution in [-0.2, 0) is 9.53 Å². The first-order valence-electron chi connectivity index (χ1n) is 12.2. The summed E-state index contributed by atoms with van der Waals surface area (Å²) in [5, 5.41) is 0.